The lowest BCUT2D eigenvalue weighted by Crippen LogP contribution is -2.46. The Morgan fingerprint density at radius 3 is 2.14 bits per heavy atom. The van der Waals surface area contributed by atoms with Crippen LogP contribution in [-0.4, -0.2) is 61.9 Å². The molecule has 0 spiro atoms. The fraction of sp³-hybridized carbons (Fsp3) is 0.938. The fourth-order valence-corrected chi connectivity index (χ4v) is 3.75. The van der Waals surface area contributed by atoms with Crippen molar-refractivity contribution < 1.29 is 14.3 Å². The Kier molecular flexibility index (Phi) is 5.14. The molecule has 3 saturated heterocycles. The Bertz CT molecular complexity index is 333. The van der Waals surface area contributed by atoms with Gasteiger partial charge in [0, 0.05) is 32.3 Å². The lowest BCUT2D eigenvalue weighted by Gasteiger charge is -2.31. The summed E-state index contributed by atoms with van der Waals surface area (Å²) in [4.78, 5) is 14.9. The summed E-state index contributed by atoms with van der Waals surface area (Å²) >= 11 is 0. The largest absolute Gasteiger partial charge is 0.376 e. The molecule has 3 fully saturated rings. The van der Waals surface area contributed by atoms with Gasteiger partial charge in [0.15, 0.2) is 0 Å². The molecule has 1 N–H and O–H groups in total. The predicted molar refractivity (Wildman–Crippen MR) is 80.1 cm³/mol. The van der Waals surface area contributed by atoms with E-state index >= 15 is 0 Å². The van der Waals surface area contributed by atoms with Crippen molar-refractivity contribution in [3.63, 3.8) is 0 Å². The highest BCUT2D eigenvalue weighted by Crippen LogP contribution is 2.22. The summed E-state index contributed by atoms with van der Waals surface area (Å²) < 4.78 is 11.5. The van der Waals surface area contributed by atoms with Gasteiger partial charge in [0.05, 0.1) is 18.1 Å². The molecule has 3 rings (SSSR count). The number of nitrogens with one attached hydrogen (secondary N) is 1. The molecule has 120 valence electrons. The first-order chi connectivity index (χ1) is 10.2. The van der Waals surface area contributed by atoms with Gasteiger partial charge in [-0.3, -0.25) is 4.79 Å². The summed E-state index contributed by atoms with van der Waals surface area (Å²) in [5.41, 5.74) is 0. The first-order valence-corrected chi connectivity index (χ1v) is 8.49. The summed E-state index contributed by atoms with van der Waals surface area (Å²) in [6.07, 6.45) is 5.79. The molecule has 5 nitrogen and oxygen atoms in total. The van der Waals surface area contributed by atoms with Crippen molar-refractivity contribution in [1.82, 2.24) is 10.2 Å². The van der Waals surface area contributed by atoms with Crippen molar-refractivity contribution in [1.29, 1.82) is 0 Å². The van der Waals surface area contributed by atoms with Crippen molar-refractivity contribution in [2.45, 2.75) is 57.3 Å². The first kappa shape index (κ1) is 15.3. The van der Waals surface area contributed by atoms with Gasteiger partial charge in [0.1, 0.15) is 0 Å². The van der Waals surface area contributed by atoms with Crippen molar-refractivity contribution in [3.8, 4) is 0 Å². The molecular formula is C16H28N2O3. The molecule has 1 amide bonds. The fourth-order valence-electron chi connectivity index (χ4n) is 3.75. The van der Waals surface area contributed by atoms with Crippen LogP contribution in [0.3, 0.4) is 0 Å². The van der Waals surface area contributed by atoms with Gasteiger partial charge in [-0.05, 0) is 45.6 Å². The Morgan fingerprint density at radius 1 is 1.10 bits per heavy atom. The molecule has 5 heteroatoms. The van der Waals surface area contributed by atoms with Crippen LogP contribution in [0.1, 0.15) is 39.0 Å². The van der Waals surface area contributed by atoms with E-state index in [1.165, 1.54) is 0 Å². The first-order valence-electron chi connectivity index (χ1n) is 8.49. The molecule has 0 aliphatic carbocycles. The SMILES string of the molecule is CC1NCCC1C(=O)N(CC1CCCO1)CC1CCCO1. The molecule has 21 heavy (non-hydrogen) atoms. The molecule has 4 unspecified atom stereocenters. The van der Waals surface area contributed by atoms with Crippen molar-refractivity contribution in [2.75, 3.05) is 32.8 Å². The summed E-state index contributed by atoms with van der Waals surface area (Å²) in [7, 11) is 0. The maximum Gasteiger partial charge on any atom is 0.227 e. The van der Waals surface area contributed by atoms with Gasteiger partial charge in [0.25, 0.3) is 0 Å². The predicted octanol–water partition coefficient (Wildman–Crippen LogP) is 1.17. The number of ether oxygens (including phenoxy) is 2. The third kappa shape index (κ3) is 3.76. The van der Waals surface area contributed by atoms with E-state index in [0.717, 1.165) is 65.0 Å². The second-order valence-electron chi connectivity index (χ2n) is 6.65. The monoisotopic (exact) mass is 296 g/mol. The van der Waals surface area contributed by atoms with E-state index in [-0.39, 0.29) is 24.2 Å². The summed E-state index contributed by atoms with van der Waals surface area (Å²) in [5.74, 6) is 0.409. The van der Waals surface area contributed by atoms with Crippen LogP contribution in [-0.2, 0) is 14.3 Å². The Balaban J connectivity index is 1.62. The van der Waals surface area contributed by atoms with Gasteiger partial charge in [-0.2, -0.15) is 0 Å². The van der Waals surface area contributed by atoms with Gasteiger partial charge in [-0.15, -0.1) is 0 Å². The zero-order chi connectivity index (χ0) is 14.7. The molecule has 3 heterocycles. The van der Waals surface area contributed by atoms with Gasteiger partial charge in [-0.1, -0.05) is 0 Å². The second kappa shape index (κ2) is 7.07. The maximum absolute atomic E-state index is 12.9. The van der Waals surface area contributed by atoms with E-state index in [4.69, 9.17) is 9.47 Å². The van der Waals surface area contributed by atoms with E-state index in [0.29, 0.717) is 5.91 Å². The van der Waals surface area contributed by atoms with Crippen molar-refractivity contribution >= 4 is 5.91 Å². The lowest BCUT2D eigenvalue weighted by molar-refractivity contribution is -0.139. The second-order valence-corrected chi connectivity index (χ2v) is 6.65. The van der Waals surface area contributed by atoms with Crippen molar-refractivity contribution in [3.05, 3.63) is 0 Å². The summed E-state index contributed by atoms with van der Waals surface area (Å²) in [6.45, 7) is 6.23. The normalized spacial score (nSPS) is 36.2. The zero-order valence-electron chi connectivity index (χ0n) is 13.1. The molecule has 0 aromatic heterocycles. The lowest BCUT2D eigenvalue weighted by atomic mass is 9.99. The molecule has 0 aromatic carbocycles. The number of rotatable bonds is 5. The molecule has 0 aromatic rings. The molecule has 4 atom stereocenters. The standard InChI is InChI=1S/C16H28N2O3/c1-12-15(6-7-17-12)16(19)18(10-13-4-2-8-20-13)11-14-5-3-9-21-14/h12-15,17H,2-11H2,1H3. The molecule has 3 aliphatic rings. The highest BCUT2D eigenvalue weighted by molar-refractivity contribution is 5.80. The third-order valence-corrected chi connectivity index (χ3v) is 5.05. The number of carbonyl (C=O) groups is 1. The highest BCUT2D eigenvalue weighted by atomic mass is 16.5. The van der Waals surface area contributed by atoms with Gasteiger partial charge in [0.2, 0.25) is 5.91 Å². The summed E-state index contributed by atoms with van der Waals surface area (Å²) in [6, 6.07) is 0.286. The van der Waals surface area contributed by atoms with E-state index in [1.54, 1.807) is 0 Å². The number of nitrogens with zero attached hydrogens (tertiary/aromatic N) is 1. The van der Waals surface area contributed by atoms with E-state index in [2.05, 4.69) is 12.2 Å². The topological polar surface area (TPSA) is 50.8 Å². The molecule has 0 saturated carbocycles. The van der Waals surface area contributed by atoms with Crippen LogP contribution in [0.15, 0.2) is 0 Å². The zero-order valence-corrected chi connectivity index (χ0v) is 13.1. The number of hydrogen-bond acceptors (Lipinski definition) is 4. The quantitative estimate of drug-likeness (QED) is 0.827. The summed E-state index contributed by atoms with van der Waals surface area (Å²) in [5, 5.41) is 3.38. The molecule has 0 radical (unpaired) electrons. The van der Waals surface area contributed by atoms with E-state index in [9.17, 15) is 4.79 Å². The Hall–Kier alpha value is -0.650. The number of hydrogen-bond donors (Lipinski definition) is 1. The number of amides is 1. The van der Waals surface area contributed by atoms with Crippen LogP contribution in [0, 0.1) is 5.92 Å². The molecule has 3 aliphatic heterocycles. The minimum absolute atomic E-state index is 0.118. The smallest absolute Gasteiger partial charge is 0.227 e. The average molecular weight is 296 g/mol. The third-order valence-electron chi connectivity index (χ3n) is 5.05. The van der Waals surface area contributed by atoms with Crippen molar-refractivity contribution in [2.24, 2.45) is 5.92 Å². The van der Waals surface area contributed by atoms with Gasteiger partial charge in [-0.25, -0.2) is 0 Å². The van der Waals surface area contributed by atoms with Crippen LogP contribution >= 0.6 is 0 Å². The van der Waals surface area contributed by atoms with Crippen LogP contribution in [0.25, 0.3) is 0 Å². The number of carbonyl (C=O) groups excluding carboxylic acids is 1. The highest BCUT2D eigenvalue weighted by Gasteiger charge is 2.35. The Labute approximate surface area is 127 Å². The molecular weight excluding hydrogens is 268 g/mol. The Morgan fingerprint density at radius 2 is 1.71 bits per heavy atom. The van der Waals surface area contributed by atoms with Crippen LogP contribution in [0.4, 0.5) is 0 Å². The van der Waals surface area contributed by atoms with E-state index < -0.39 is 0 Å². The minimum atomic E-state index is 0.118. The minimum Gasteiger partial charge on any atom is -0.376 e. The van der Waals surface area contributed by atoms with E-state index in [1.807, 2.05) is 4.90 Å². The average Bonchev–Trinajstić information content (AvgIpc) is 3.19. The van der Waals surface area contributed by atoms with Crippen LogP contribution in [0.2, 0.25) is 0 Å². The maximum atomic E-state index is 12.9. The van der Waals surface area contributed by atoms with Gasteiger partial charge < -0.3 is 19.7 Å². The van der Waals surface area contributed by atoms with Crippen LogP contribution in [0.5, 0.6) is 0 Å². The van der Waals surface area contributed by atoms with Crippen LogP contribution < -0.4 is 5.32 Å². The van der Waals surface area contributed by atoms with Gasteiger partial charge >= 0.3 is 0 Å². The molecule has 0 bridgehead atoms.